The Hall–Kier alpha value is -2.50. The lowest BCUT2D eigenvalue weighted by Gasteiger charge is -2.04. The fourth-order valence-electron chi connectivity index (χ4n) is 2.16. The summed E-state index contributed by atoms with van der Waals surface area (Å²) >= 11 is 0. The van der Waals surface area contributed by atoms with Gasteiger partial charge in [-0.05, 0) is 25.1 Å². The molecule has 0 unspecified atom stereocenters. The van der Waals surface area contributed by atoms with Gasteiger partial charge in [0.05, 0.1) is 16.9 Å². The number of H-pyrrole nitrogens is 1. The zero-order chi connectivity index (χ0) is 12.9. The molecule has 2 aromatic heterocycles. The number of aromatic amines is 1. The highest BCUT2D eigenvalue weighted by Gasteiger charge is 2.12. The van der Waals surface area contributed by atoms with Crippen LogP contribution in [0.15, 0.2) is 27.4 Å². The van der Waals surface area contributed by atoms with E-state index in [2.05, 4.69) is 9.97 Å². The van der Waals surface area contributed by atoms with Crippen LogP contribution in [0.1, 0.15) is 5.69 Å². The second kappa shape index (κ2) is 3.49. The van der Waals surface area contributed by atoms with Gasteiger partial charge in [0.25, 0.3) is 0 Å². The third kappa shape index (κ3) is 1.42. The average molecular weight is 244 g/mol. The van der Waals surface area contributed by atoms with Crippen LogP contribution in [-0.4, -0.2) is 14.5 Å². The topological polar surface area (TPSA) is 89.8 Å². The summed E-state index contributed by atoms with van der Waals surface area (Å²) in [4.78, 5) is 18.0. The van der Waals surface area contributed by atoms with Crippen LogP contribution >= 0.6 is 0 Å². The summed E-state index contributed by atoms with van der Waals surface area (Å²) in [6.45, 7) is 1.90. The van der Waals surface area contributed by atoms with Crippen molar-refractivity contribution in [2.24, 2.45) is 7.05 Å². The highest BCUT2D eigenvalue weighted by Crippen LogP contribution is 2.27. The molecular weight excluding hydrogens is 232 g/mol. The van der Waals surface area contributed by atoms with Gasteiger partial charge in [-0.3, -0.25) is 4.98 Å². The number of aryl methyl sites for hydroxylation is 1. The molecular formula is C12H12N4O2. The quantitative estimate of drug-likeness (QED) is 0.677. The molecule has 0 radical (unpaired) electrons. The van der Waals surface area contributed by atoms with Gasteiger partial charge in [0.1, 0.15) is 0 Å². The van der Waals surface area contributed by atoms with Crippen molar-refractivity contribution in [3.05, 3.63) is 34.4 Å². The monoisotopic (exact) mass is 244 g/mol. The normalized spacial score (nSPS) is 11.2. The summed E-state index contributed by atoms with van der Waals surface area (Å²) < 4.78 is 6.78. The van der Waals surface area contributed by atoms with Crippen LogP contribution in [0, 0.1) is 6.92 Å². The largest absolute Gasteiger partial charge is 0.417 e. The number of imidazole rings is 1. The van der Waals surface area contributed by atoms with Gasteiger partial charge in [0.15, 0.2) is 5.58 Å². The summed E-state index contributed by atoms with van der Waals surface area (Å²) in [7, 11) is 1.85. The van der Waals surface area contributed by atoms with Gasteiger partial charge in [-0.15, -0.1) is 0 Å². The predicted molar refractivity (Wildman–Crippen MR) is 68.2 cm³/mol. The number of nitrogens with one attached hydrogen (secondary N) is 1. The molecule has 6 heteroatoms. The van der Waals surface area contributed by atoms with Crippen molar-refractivity contribution in [1.29, 1.82) is 0 Å². The molecule has 0 saturated carbocycles. The first-order chi connectivity index (χ1) is 8.56. The molecule has 6 nitrogen and oxygen atoms in total. The molecule has 0 spiro atoms. The van der Waals surface area contributed by atoms with Crippen LogP contribution in [0.3, 0.4) is 0 Å². The highest BCUT2D eigenvalue weighted by molar-refractivity contribution is 5.80. The molecule has 2 heterocycles. The van der Waals surface area contributed by atoms with E-state index in [4.69, 9.17) is 10.2 Å². The molecule has 3 rings (SSSR count). The first-order valence-corrected chi connectivity index (χ1v) is 5.48. The minimum Gasteiger partial charge on any atom is -0.408 e. The molecule has 0 aliphatic carbocycles. The van der Waals surface area contributed by atoms with E-state index in [1.165, 1.54) is 0 Å². The molecule has 92 valence electrons. The van der Waals surface area contributed by atoms with E-state index in [1.807, 2.05) is 30.7 Å². The average Bonchev–Trinajstić information content (AvgIpc) is 2.78. The van der Waals surface area contributed by atoms with Gasteiger partial charge in [0, 0.05) is 12.6 Å². The van der Waals surface area contributed by atoms with Crippen LogP contribution in [-0.2, 0) is 7.05 Å². The molecule has 0 saturated heterocycles. The van der Waals surface area contributed by atoms with Crippen molar-refractivity contribution in [3.8, 4) is 11.3 Å². The van der Waals surface area contributed by atoms with Gasteiger partial charge in [-0.25, -0.2) is 9.78 Å². The SMILES string of the molecule is Cc1nc(N)n(C)c1-c1ccc2oc(=O)[nH]c2c1. The van der Waals surface area contributed by atoms with Crippen LogP contribution in [0.4, 0.5) is 5.95 Å². The Bertz CT molecular complexity index is 794. The number of fused-ring (bicyclic) bond motifs is 1. The van der Waals surface area contributed by atoms with Crippen molar-refractivity contribution in [1.82, 2.24) is 14.5 Å². The van der Waals surface area contributed by atoms with E-state index in [-0.39, 0.29) is 0 Å². The number of hydrogen-bond donors (Lipinski definition) is 2. The van der Waals surface area contributed by atoms with Crippen LogP contribution in [0.5, 0.6) is 0 Å². The number of oxazole rings is 1. The minimum absolute atomic E-state index is 0.455. The second-order valence-electron chi connectivity index (χ2n) is 4.19. The third-order valence-corrected chi connectivity index (χ3v) is 3.00. The van der Waals surface area contributed by atoms with Crippen molar-refractivity contribution < 1.29 is 4.42 Å². The number of aromatic nitrogens is 3. The maximum Gasteiger partial charge on any atom is 0.417 e. The lowest BCUT2D eigenvalue weighted by Crippen LogP contribution is -1.98. The molecule has 18 heavy (non-hydrogen) atoms. The van der Waals surface area contributed by atoms with Crippen molar-refractivity contribution in [2.45, 2.75) is 6.92 Å². The van der Waals surface area contributed by atoms with Crippen molar-refractivity contribution >= 4 is 17.0 Å². The zero-order valence-corrected chi connectivity index (χ0v) is 10.0. The summed E-state index contributed by atoms with van der Waals surface area (Å²) in [6, 6.07) is 5.48. The standard InChI is InChI=1S/C12H12N4O2/c1-6-10(16(2)11(13)14-6)7-3-4-9-8(5-7)15-12(17)18-9/h3-5H,1-2H3,(H2,13,14)(H,15,17). The Morgan fingerprint density at radius 3 is 2.89 bits per heavy atom. The summed E-state index contributed by atoms with van der Waals surface area (Å²) in [5.74, 6) is 0.00618. The predicted octanol–water partition coefficient (Wildman–Crippen LogP) is 1.41. The minimum atomic E-state index is -0.455. The number of nitrogens with zero attached hydrogens (tertiary/aromatic N) is 2. The first kappa shape index (κ1) is 10.6. The molecule has 0 atom stereocenters. The Morgan fingerprint density at radius 2 is 2.22 bits per heavy atom. The summed E-state index contributed by atoms with van der Waals surface area (Å²) in [5, 5.41) is 0. The van der Waals surface area contributed by atoms with E-state index in [0.717, 1.165) is 17.0 Å². The zero-order valence-electron chi connectivity index (χ0n) is 10.0. The van der Waals surface area contributed by atoms with E-state index in [9.17, 15) is 4.79 Å². The molecule has 1 aromatic carbocycles. The summed E-state index contributed by atoms with van der Waals surface area (Å²) in [6.07, 6.45) is 0. The van der Waals surface area contributed by atoms with E-state index >= 15 is 0 Å². The number of nitrogen functional groups attached to an aromatic ring is 1. The van der Waals surface area contributed by atoms with Crippen LogP contribution < -0.4 is 11.5 Å². The van der Waals surface area contributed by atoms with Gasteiger partial charge in [-0.2, -0.15) is 0 Å². The lowest BCUT2D eigenvalue weighted by molar-refractivity contribution is 0.555. The second-order valence-corrected chi connectivity index (χ2v) is 4.19. The number of rotatable bonds is 1. The Labute approximate surface area is 102 Å². The number of nitrogens with two attached hydrogens (primary N) is 1. The lowest BCUT2D eigenvalue weighted by atomic mass is 10.1. The van der Waals surface area contributed by atoms with Gasteiger partial charge >= 0.3 is 5.76 Å². The smallest absolute Gasteiger partial charge is 0.408 e. The molecule has 3 N–H and O–H groups in total. The van der Waals surface area contributed by atoms with Crippen LogP contribution in [0.25, 0.3) is 22.4 Å². The van der Waals surface area contributed by atoms with E-state index in [0.29, 0.717) is 17.0 Å². The summed E-state index contributed by atoms with van der Waals surface area (Å²) in [5.41, 5.74) is 9.68. The Morgan fingerprint density at radius 1 is 1.44 bits per heavy atom. The fraction of sp³-hybridized carbons (Fsp3) is 0.167. The highest BCUT2D eigenvalue weighted by atomic mass is 16.4. The van der Waals surface area contributed by atoms with E-state index < -0.39 is 5.76 Å². The molecule has 0 fully saturated rings. The van der Waals surface area contributed by atoms with Gasteiger partial charge in [0.2, 0.25) is 5.95 Å². The fourth-order valence-corrected chi connectivity index (χ4v) is 2.16. The molecule has 0 amide bonds. The Balaban J connectivity index is 2.28. The van der Waals surface area contributed by atoms with Crippen LogP contribution in [0.2, 0.25) is 0 Å². The number of hydrogen-bond acceptors (Lipinski definition) is 4. The maximum atomic E-state index is 11.1. The maximum absolute atomic E-state index is 11.1. The van der Waals surface area contributed by atoms with Crippen molar-refractivity contribution in [2.75, 3.05) is 5.73 Å². The number of benzene rings is 1. The molecule has 0 bridgehead atoms. The van der Waals surface area contributed by atoms with Gasteiger partial charge < -0.3 is 14.7 Å². The van der Waals surface area contributed by atoms with Crippen molar-refractivity contribution in [3.63, 3.8) is 0 Å². The first-order valence-electron chi connectivity index (χ1n) is 5.48. The van der Waals surface area contributed by atoms with Gasteiger partial charge in [-0.1, -0.05) is 0 Å². The Kier molecular flexibility index (Phi) is 2.07. The molecule has 3 aromatic rings. The molecule has 0 aliphatic heterocycles. The third-order valence-electron chi connectivity index (χ3n) is 3.00. The van der Waals surface area contributed by atoms with E-state index in [1.54, 1.807) is 6.07 Å². The molecule has 0 aliphatic rings. The number of anilines is 1.